The summed E-state index contributed by atoms with van der Waals surface area (Å²) >= 11 is 0. The molecule has 1 aromatic carbocycles. The number of fused-ring (bicyclic) bond motifs is 1. The fourth-order valence-corrected chi connectivity index (χ4v) is 4.95. The van der Waals surface area contributed by atoms with Gasteiger partial charge in [-0.25, -0.2) is 0 Å². The Balaban J connectivity index is 1.71. The first kappa shape index (κ1) is 23.5. The van der Waals surface area contributed by atoms with E-state index in [-0.39, 0.29) is 35.7 Å². The fourth-order valence-electron chi connectivity index (χ4n) is 4.95. The summed E-state index contributed by atoms with van der Waals surface area (Å²) in [5.74, 6) is -0.776. The zero-order valence-corrected chi connectivity index (χ0v) is 19.1. The van der Waals surface area contributed by atoms with Gasteiger partial charge >= 0.3 is 0 Å². The smallest absolute Gasteiger partial charge is 0.286 e. The third-order valence-electron chi connectivity index (χ3n) is 6.64. The van der Waals surface area contributed by atoms with Crippen LogP contribution in [0.5, 0.6) is 0 Å². The average Bonchev–Trinajstić information content (AvgIpc) is 2.84. The van der Waals surface area contributed by atoms with E-state index < -0.39 is 12.2 Å². The molecule has 7 nitrogen and oxygen atoms in total. The second-order valence-electron chi connectivity index (χ2n) is 8.85. The summed E-state index contributed by atoms with van der Waals surface area (Å²) in [6, 6.07) is 7.26. The Morgan fingerprint density at radius 2 is 2.00 bits per heavy atom. The Morgan fingerprint density at radius 1 is 1.21 bits per heavy atom. The summed E-state index contributed by atoms with van der Waals surface area (Å²) in [7, 11) is 0. The van der Waals surface area contributed by atoms with Gasteiger partial charge in [0.15, 0.2) is 11.2 Å². The summed E-state index contributed by atoms with van der Waals surface area (Å²) in [5, 5.41) is 13.0. The molecule has 7 heteroatoms. The Morgan fingerprint density at radius 3 is 2.76 bits per heavy atom. The normalized spacial score (nSPS) is 23.7. The number of aliphatic hydroxyl groups excluding tert-OH is 1. The molecule has 0 bridgehead atoms. The molecule has 178 valence electrons. The Kier molecular flexibility index (Phi) is 7.83. The van der Waals surface area contributed by atoms with Crippen molar-refractivity contribution in [3.05, 3.63) is 58.2 Å². The SMILES string of the molecule is CCO[C@@H]1OC(C(=O)NC2CCCCC2)=C[C@H](c2coc3ccccc3c2=O)[C@@H]1CCCO. The molecule has 33 heavy (non-hydrogen) atoms. The molecule has 2 heterocycles. The van der Waals surface area contributed by atoms with Gasteiger partial charge in [0.2, 0.25) is 6.29 Å². The van der Waals surface area contributed by atoms with Crippen molar-refractivity contribution in [3.8, 4) is 0 Å². The molecule has 0 radical (unpaired) electrons. The van der Waals surface area contributed by atoms with E-state index in [2.05, 4.69) is 5.32 Å². The summed E-state index contributed by atoms with van der Waals surface area (Å²) in [4.78, 5) is 26.5. The van der Waals surface area contributed by atoms with Crippen LogP contribution in [0.1, 0.15) is 63.4 Å². The standard InChI is InChI=1S/C26H33NO6/c1-2-31-26-18(12-8-14-28)20(21-16-32-22-13-7-6-11-19(22)24(21)29)15-23(33-26)25(30)27-17-9-4-3-5-10-17/h6-7,11,13,15-18,20,26,28H,2-5,8-10,12,14H2,1H3,(H,27,30)/t18-,20-,26+/m0/s1. The average molecular weight is 456 g/mol. The Hall–Kier alpha value is -2.64. The maximum absolute atomic E-state index is 13.4. The largest absolute Gasteiger partial charge is 0.464 e. The molecular weight excluding hydrogens is 422 g/mol. The minimum atomic E-state index is -0.700. The molecule has 1 amide bonds. The molecule has 2 aliphatic rings. The van der Waals surface area contributed by atoms with Crippen molar-refractivity contribution in [1.29, 1.82) is 0 Å². The molecule has 2 aromatic rings. The van der Waals surface area contributed by atoms with Crippen LogP contribution in [-0.2, 0) is 14.3 Å². The molecule has 1 aliphatic carbocycles. The number of allylic oxidation sites excluding steroid dienone is 1. The first-order valence-corrected chi connectivity index (χ1v) is 12.0. The number of nitrogens with one attached hydrogen (secondary N) is 1. The highest BCUT2D eigenvalue weighted by atomic mass is 16.7. The van der Waals surface area contributed by atoms with Crippen LogP contribution < -0.4 is 10.7 Å². The van der Waals surface area contributed by atoms with E-state index in [0.29, 0.717) is 36.0 Å². The Labute approximate surface area is 193 Å². The first-order valence-electron chi connectivity index (χ1n) is 12.0. The van der Waals surface area contributed by atoms with Gasteiger partial charge in [-0.3, -0.25) is 9.59 Å². The molecule has 2 N–H and O–H groups in total. The molecule has 1 saturated carbocycles. The van der Waals surface area contributed by atoms with E-state index in [4.69, 9.17) is 13.9 Å². The first-order chi connectivity index (χ1) is 16.1. The van der Waals surface area contributed by atoms with E-state index in [1.807, 2.05) is 13.0 Å². The minimum absolute atomic E-state index is 0.0210. The predicted molar refractivity (Wildman–Crippen MR) is 125 cm³/mol. The predicted octanol–water partition coefficient (Wildman–Crippen LogP) is 3.99. The lowest BCUT2D eigenvalue weighted by molar-refractivity contribution is -0.167. The molecule has 3 atom stereocenters. The van der Waals surface area contributed by atoms with Crippen LogP contribution >= 0.6 is 0 Å². The van der Waals surface area contributed by atoms with Crippen LogP contribution in [0, 0.1) is 5.92 Å². The summed E-state index contributed by atoms with van der Waals surface area (Å²) in [6.45, 7) is 2.29. The van der Waals surface area contributed by atoms with E-state index in [9.17, 15) is 14.7 Å². The maximum Gasteiger partial charge on any atom is 0.286 e. The van der Waals surface area contributed by atoms with Gasteiger partial charge in [0, 0.05) is 36.7 Å². The molecule has 0 unspecified atom stereocenters. The zero-order chi connectivity index (χ0) is 23.2. The van der Waals surface area contributed by atoms with E-state index in [1.54, 1.807) is 24.3 Å². The Bertz CT molecular complexity index is 1040. The summed E-state index contributed by atoms with van der Waals surface area (Å²) in [5.41, 5.74) is 0.856. The summed E-state index contributed by atoms with van der Waals surface area (Å²) < 4.78 is 17.7. The number of rotatable bonds is 8. The van der Waals surface area contributed by atoms with Crippen LogP contribution in [0.15, 0.2) is 51.6 Å². The monoisotopic (exact) mass is 455 g/mol. The summed E-state index contributed by atoms with van der Waals surface area (Å²) in [6.07, 6.45) is 8.97. The molecule has 0 spiro atoms. The molecule has 1 aliphatic heterocycles. The second kappa shape index (κ2) is 11.0. The van der Waals surface area contributed by atoms with Gasteiger partial charge in [0.25, 0.3) is 5.91 Å². The molecular formula is C26H33NO6. The lowest BCUT2D eigenvalue weighted by atomic mass is 9.81. The number of carbonyl (C=O) groups is 1. The van der Waals surface area contributed by atoms with Gasteiger partial charge in [0.1, 0.15) is 5.58 Å². The van der Waals surface area contributed by atoms with Crippen molar-refractivity contribution in [3.63, 3.8) is 0 Å². The molecule has 1 aromatic heterocycles. The van der Waals surface area contributed by atoms with Crippen molar-refractivity contribution in [2.75, 3.05) is 13.2 Å². The third-order valence-corrected chi connectivity index (χ3v) is 6.64. The number of hydrogen-bond acceptors (Lipinski definition) is 6. The van der Waals surface area contributed by atoms with Gasteiger partial charge < -0.3 is 24.3 Å². The second-order valence-corrected chi connectivity index (χ2v) is 8.85. The van der Waals surface area contributed by atoms with E-state index >= 15 is 0 Å². The van der Waals surface area contributed by atoms with Crippen molar-refractivity contribution in [1.82, 2.24) is 5.32 Å². The highest BCUT2D eigenvalue weighted by Gasteiger charge is 2.39. The van der Waals surface area contributed by atoms with Gasteiger partial charge in [-0.05, 0) is 50.8 Å². The molecule has 4 rings (SSSR count). The van der Waals surface area contributed by atoms with Gasteiger partial charge in [-0.1, -0.05) is 31.4 Å². The zero-order valence-electron chi connectivity index (χ0n) is 19.1. The number of carbonyl (C=O) groups excluding carboxylic acids is 1. The van der Waals surface area contributed by atoms with Crippen LogP contribution in [0.25, 0.3) is 11.0 Å². The molecule has 0 saturated heterocycles. The van der Waals surface area contributed by atoms with Gasteiger partial charge in [0.05, 0.1) is 11.6 Å². The number of hydrogen-bond donors (Lipinski definition) is 2. The number of benzene rings is 1. The lowest BCUT2D eigenvalue weighted by Gasteiger charge is -2.37. The van der Waals surface area contributed by atoms with Gasteiger partial charge in [-0.2, -0.15) is 0 Å². The van der Waals surface area contributed by atoms with Gasteiger partial charge in [-0.15, -0.1) is 0 Å². The van der Waals surface area contributed by atoms with E-state index in [0.717, 1.165) is 25.7 Å². The lowest BCUT2D eigenvalue weighted by Crippen LogP contribution is -2.42. The van der Waals surface area contributed by atoms with E-state index in [1.165, 1.54) is 12.7 Å². The van der Waals surface area contributed by atoms with Crippen molar-refractivity contribution in [2.45, 2.75) is 70.1 Å². The fraction of sp³-hybridized carbons (Fsp3) is 0.538. The highest BCUT2D eigenvalue weighted by Crippen LogP contribution is 2.39. The highest BCUT2D eigenvalue weighted by molar-refractivity contribution is 5.92. The minimum Gasteiger partial charge on any atom is -0.464 e. The number of para-hydroxylation sites is 1. The number of ether oxygens (including phenoxy) is 2. The number of amides is 1. The maximum atomic E-state index is 13.4. The molecule has 1 fully saturated rings. The van der Waals surface area contributed by atoms with Crippen molar-refractivity contribution < 1.29 is 23.8 Å². The number of aliphatic hydroxyl groups is 1. The third kappa shape index (κ3) is 5.31. The topological polar surface area (TPSA) is 98.0 Å². The van der Waals surface area contributed by atoms with Crippen LogP contribution in [-0.4, -0.2) is 36.6 Å². The van der Waals surface area contributed by atoms with Crippen LogP contribution in [0.2, 0.25) is 0 Å². The quantitative estimate of drug-likeness (QED) is 0.625. The van der Waals surface area contributed by atoms with Crippen molar-refractivity contribution >= 4 is 16.9 Å². The van der Waals surface area contributed by atoms with Crippen LogP contribution in [0.3, 0.4) is 0 Å². The van der Waals surface area contributed by atoms with Crippen molar-refractivity contribution in [2.24, 2.45) is 5.92 Å². The van der Waals surface area contributed by atoms with Crippen LogP contribution in [0.4, 0.5) is 0 Å².